The van der Waals surface area contributed by atoms with Crippen molar-refractivity contribution in [1.29, 1.82) is 0 Å². The van der Waals surface area contributed by atoms with Crippen LogP contribution in [0.2, 0.25) is 5.02 Å². The third-order valence-electron chi connectivity index (χ3n) is 6.39. The van der Waals surface area contributed by atoms with Gasteiger partial charge in [-0.05, 0) is 43.4 Å². The molecular weight excluding hydrogens is 468 g/mol. The number of rotatable bonds is 6. The molecule has 2 aliphatic rings. The SMILES string of the molecule is CC(C)c1nsc(N2CCC(N3CC[C@H](Cc4ccc(S(C)(=O)=O)cc4Cl)C3=O)CC2)n1. The summed E-state index contributed by atoms with van der Waals surface area (Å²) in [5.41, 5.74) is 0.825. The summed E-state index contributed by atoms with van der Waals surface area (Å²) in [5, 5.41) is 1.38. The zero-order valence-corrected chi connectivity index (χ0v) is 21.0. The molecule has 2 aliphatic heterocycles. The fourth-order valence-electron chi connectivity index (χ4n) is 4.46. The van der Waals surface area contributed by atoms with Crippen LogP contribution in [0.25, 0.3) is 0 Å². The fourth-order valence-corrected chi connectivity index (χ4v) is 6.29. The van der Waals surface area contributed by atoms with Gasteiger partial charge in [-0.25, -0.2) is 13.4 Å². The van der Waals surface area contributed by atoms with Crippen LogP contribution in [-0.4, -0.2) is 60.5 Å². The minimum atomic E-state index is -3.30. The van der Waals surface area contributed by atoms with Gasteiger partial charge in [0.05, 0.1) is 4.90 Å². The fraction of sp³-hybridized carbons (Fsp3) is 0.591. The molecule has 0 saturated carbocycles. The first-order valence-electron chi connectivity index (χ1n) is 11.0. The number of anilines is 1. The van der Waals surface area contributed by atoms with E-state index in [-0.39, 0.29) is 22.8 Å². The van der Waals surface area contributed by atoms with Gasteiger partial charge in [0.15, 0.2) is 9.84 Å². The molecule has 7 nitrogen and oxygen atoms in total. The van der Waals surface area contributed by atoms with Crippen LogP contribution in [-0.2, 0) is 21.1 Å². The topological polar surface area (TPSA) is 83.5 Å². The van der Waals surface area contributed by atoms with Crippen LogP contribution in [0, 0.1) is 5.92 Å². The lowest BCUT2D eigenvalue weighted by Gasteiger charge is -2.36. The molecule has 0 unspecified atom stereocenters. The third kappa shape index (κ3) is 4.94. The van der Waals surface area contributed by atoms with Crippen molar-refractivity contribution >= 4 is 44.0 Å². The van der Waals surface area contributed by atoms with Gasteiger partial charge in [0, 0.05) is 60.3 Å². The Morgan fingerprint density at radius 3 is 2.50 bits per heavy atom. The number of piperidine rings is 1. The zero-order chi connectivity index (χ0) is 23.0. The molecule has 0 aliphatic carbocycles. The third-order valence-corrected chi connectivity index (χ3v) is 8.65. The van der Waals surface area contributed by atoms with Gasteiger partial charge in [-0.3, -0.25) is 4.79 Å². The Morgan fingerprint density at radius 1 is 1.19 bits per heavy atom. The normalized spacial score (nSPS) is 20.5. The average molecular weight is 497 g/mol. The van der Waals surface area contributed by atoms with Crippen molar-refractivity contribution in [2.45, 2.75) is 56.4 Å². The maximum absolute atomic E-state index is 13.1. The minimum Gasteiger partial charge on any atom is -0.347 e. The number of amides is 1. The smallest absolute Gasteiger partial charge is 0.226 e. The van der Waals surface area contributed by atoms with Gasteiger partial charge < -0.3 is 9.80 Å². The molecule has 174 valence electrons. The summed E-state index contributed by atoms with van der Waals surface area (Å²) in [5.74, 6) is 1.30. The maximum atomic E-state index is 13.1. The van der Waals surface area contributed by atoms with Crippen molar-refractivity contribution in [3.8, 4) is 0 Å². The Hall–Kier alpha value is -1.71. The summed E-state index contributed by atoms with van der Waals surface area (Å²) >= 11 is 7.80. The van der Waals surface area contributed by atoms with Crippen LogP contribution in [0.1, 0.15) is 50.4 Å². The molecule has 0 radical (unpaired) electrons. The second-order valence-corrected chi connectivity index (χ2v) is 12.2. The second kappa shape index (κ2) is 9.27. The van der Waals surface area contributed by atoms with Crippen molar-refractivity contribution in [3.05, 3.63) is 34.6 Å². The molecule has 2 saturated heterocycles. The zero-order valence-electron chi connectivity index (χ0n) is 18.6. The predicted octanol–water partition coefficient (Wildman–Crippen LogP) is 3.78. The average Bonchev–Trinajstić information content (AvgIpc) is 3.37. The van der Waals surface area contributed by atoms with Gasteiger partial charge in [-0.1, -0.05) is 31.5 Å². The molecule has 0 bridgehead atoms. The van der Waals surface area contributed by atoms with E-state index in [0.29, 0.717) is 17.4 Å². The Labute approximate surface area is 198 Å². The summed E-state index contributed by atoms with van der Waals surface area (Å²) < 4.78 is 27.9. The van der Waals surface area contributed by atoms with Gasteiger partial charge in [0.2, 0.25) is 11.0 Å². The molecule has 1 amide bonds. The Balaban J connectivity index is 1.35. The number of hydrogen-bond donors (Lipinski definition) is 0. The minimum absolute atomic E-state index is 0.105. The van der Waals surface area contributed by atoms with Crippen LogP contribution in [0.3, 0.4) is 0 Å². The standard InChI is InChI=1S/C22H29ClN4O3S2/c1-14(2)20-24-22(31-25-20)26-9-7-17(8-10-26)27-11-6-16(21(27)28)12-15-4-5-18(13-19(15)23)32(3,29)30/h4-5,13-14,16-17H,6-12H2,1-3H3/t16-/m1/s1. The number of carbonyl (C=O) groups is 1. The highest BCUT2D eigenvalue weighted by atomic mass is 35.5. The van der Waals surface area contributed by atoms with Gasteiger partial charge in [0.25, 0.3) is 0 Å². The highest BCUT2D eigenvalue weighted by molar-refractivity contribution is 7.90. The van der Waals surface area contributed by atoms with E-state index in [2.05, 4.69) is 28.1 Å². The van der Waals surface area contributed by atoms with Gasteiger partial charge in [-0.2, -0.15) is 4.37 Å². The lowest BCUT2D eigenvalue weighted by molar-refractivity contribution is -0.133. The quantitative estimate of drug-likeness (QED) is 0.605. The van der Waals surface area contributed by atoms with E-state index in [9.17, 15) is 13.2 Å². The second-order valence-electron chi connectivity index (χ2n) is 9.05. The number of nitrogens with zero attached hydrogens (tertiary/aromatic N) is 4. The molecule has 0 spiro atoms. The molecular formula is C22H29ClN4O3S2. The molecule has 0 N–H and O–H groups in total. The lowest BCUT2D eigenvalue weighted by Crippen LogP contribution is -2.46. The maximum Gasteiger partial charge on any atom is 0.226 e. The highest BCUT2D eigenvalue weighted by Gasteiger charge is 2.37. The van der Waals surface area contributed by atoms with Crippen LogP contribution < -0.4 is 4.90 Å². The molecule has 2 fully saturated rings. The summed E-state index contributed by atoms with van der Waals surface area (Å²) in [7, 11) is -3.30. The highest BCUT2D eigenvalue weighted by Crippen LogP contribution is 2.32. The van der Waals surface area contributed by atoms with Crippen molar-refractivity contribution in [3.63, 3.8) is 0 Å². The van der Waals surface area contributed by atoms with E-state index < -0.39 is 9.84 Å². The molecule has 4 rings (SSSR count). The number of carbonyl (C=O) groups excluding carboxylic acids is 1. The summed E-state index contributed by atoms with van der Waals surface area (Å²) in [6.45, 7) is 6.72. The first-order chi connectivity index (χ1) is 15.1. The van der Waals surface area contributed by atoms with Gasteiger partial charge in [0.1, 0.15) is 5.82 Å². The summed E-state index contributed by atoms with van der Waals surface area (Å²) in [6, 6.07) is 5.05. The van der Waals surface area contributed by atoms with Gasteiger partial charge >= 0.3 is 0 Å². The Kier molecular flexibility index (Phi) is 6.79. The number of benzene rings is 1. The molecule has 32 heavy (non-hydrogen) atoms. The van der Waals surface area contributed by atoms with E-state index in [1.54, 1.807) is 12.1 Å². The summed E-state index contributed by atoms with van der Waals surface area (Å²) in [6.07, 6.45) is 4.37. The Morgan fingerprint density at radius 2 is 1.91 bits per heavy atom. The first kappa shape index (κ1) is 23.4. The number of halogens is 1. The first-order valence-corrected chi connectivity index (χ1v) is 14.0. The van der Waals surface area contributed by atoms with Crippen LogP contribution in [0.5, 0.6) is 0 Å². The van der Waals surface area contributed by atoms with E-state index in [4.69, 9.17) is 11.6 Å². The molecule has 1 aromatic carbocycles. The number of sulfone groups is 1. The molecule has 2 aromatic rings. The number of aromatic nitrogens is 2. The van der Waals surface area contributed by atoms with Crippen molar-refractivity contribution in [2.75, 3.05) is 30.8 Å². The Bertz CT molecular complexity index is 1090. The monoisotopic (exact) mass is 496 g/mol. The van der Waals surface area contributed by atoms with E-state index >= 15 is 0 Å². The van der Waals surface area contributed by atoms with Crippen molar-refractivity contribution in [1.82, 2.24) is 14.3 Å². The van der Waals surface area contributed by atoms with E-state index in [0.717, 1.165) is 61.7 Å². The van der Waals surface area contributed by atoms with Crippen LogP contribution in [0.4, 0.5) is 5.13 Å². The molecule has 3 heterocycles. The summed E-state index contributed by atoms with van der Waals surface area (Å²) in [4.78, 5) is 22.3. The van der Waals surface area contributed by atoms with E-state index in [1.165, 1.54) is 17.6 Å². The van der Waals surface area contributed by atoms with Crippen LogP contribution in [0.15, 0.2) is 23.1 Å². The molecule has 1 aromatic heterocycles. The number of likely N-dealkylation sites (tertiary alicyclic amines) is 1. The van der Waals surface area contributed by atoms with Crippen molar-refractivity contribution in [2.24, 2.45) is 5.92 Å². The lowest BCUT2D eigenvalue weighted by atomic mass is 9.97. The largest absolute Gasteiger partial charge is 0.347 e. The molecule has 10 heteroatoms. The predicted molar refractivity (Wildman–Crippen MR) is 127 cm³/mol. The van der Waals surface area contributed by atoms with Crippen LogP contribution >= 0.6 is 23.1 Å². The van der Waals surface area contributed by atoms with Gasteiger partial charge in [-0.15, -0.1) is 0 Å². The van der Waals surface area contributed by atoms with E-state index in [1.807, 2.05) is 4.90 Å². The molecule has 1 atom stereocenters. The van der Waals surface area contributed by atoms with Crippen molar-refractivity contribution < 1.29 is 13.2 Å². The number of hydrogen-bond acceptors (Lipinski definition) is 7.